The van der Waals surface area contributed by atoms with Crippen LogP contribution in [0.15, 0.2) is 60.7 Å². The quantitative estimate of drug-likeness (QED) is 0.503. The standard InChI is InChI=1S/C18H19FO/c19-17(15-9-3-1-4-10-15)13-7-8-14-18(20)16-11-5-2-6-12-16/h1-6,9-12,17H,7-8,13-14H2. The molecule has 1 unspecified atom stereocenters. The Bertz CT molecular complexity index is 522. The van der Waals surface area contributed by atoms with Gasteiger partial charge in [0.25, 0.3) is 0 Å². The molecule has 0 aliphatic carbocycles. The number of carbonyl (C=O) groups is 1. The van der Waals surface area contributed by atoms with Gasteiger partial charge in [-0.1, -0.05) is 60.7 Å². The Kier molecular flexibility index (Phi) is 5.48. The van der Waals surface area contributed by atoms with Crippen molar-refractivity contribution in [3.63, 3.8) is 0 Å². The molecule has 0 heterocycles. The third-order valence-corrected chi connectivity index (χ3v) is 3.37. The summed E-state index contributed by atoms with van der Waals surface area (Å²) in [5, 5.41) is 0. The summed E-state index contributed by atoms with van der Waals surface area (Å²) in [6, 6.07) is 18.5. The van der Waals surface area contributed by atoms with Gasteiger partial charge in [-0.25, -0.2) is 4.39 Å². The SMILES string of the molecule is O=C(CCCCC(F)c1ccccc1)c1ccccc1. The van der Waals surface area contributed by atoms with Gasteiger partial charge in [0.05, 0.1) is 0 Å². The van der Waals surface area contributed by atoms with Crippen LogP contribution in [0.3, 0.4) is 0 Å². The van der Waals surface area contributed by atoms with Gasteiger partial charge in [-0.15, -0.1) is 0 Å². The van der Waals surface area contributed by atoms with E-state index in [1.165, 1.54) is 0 Å². The van der Waals surface area contributed by atoms with E-state index in [0.29, 0.717) is 12.8 Å². The minimum absolute atomic E-state index is 0.140. The molecule has 0 aliphatic rings. The zero-order chi connectivity index (χ0) is 14.2. The lowest BCUT2D eigenvalue weighted by molar-refractivity contribution is 0.0978. The van der Waals surface area contributed by atoms with E-state index in [1.807, 2.05) is 48.5 Å². The minimum atomic E-state index is -0.928. The van der Waals surface area contributed by atoms with Crippen molar-refractivity contribution < 1.29 is 9.18 Å². The van der Waals surface area contributed by atoms with E-state index in [9.17, 15) is 9.18 Å². The molecule has 0 bridgehead atoms. The largest absolute Gasteiger partial charge is 0.294 e. The summed E-state index contributed by atoms with van der Waals surface area (Å²) < 4.78 is 13.9. The summed E-state index contributed by atoms with van der Waals surface area (Å²) in [6.45, 7) is 0. The van der Waals surface area contributed by atoms with Crippen LogP contribution in [0.25, 0.3) is 0 Å². The molecule has 0 fully saturated rings. The van der Waals surface area contributed by atoms with Crippen molar-refractivity contribution in [3.8, 4) is 0 Å². The highest BCUT2D eigenvalue weighted by molar-refractivity contribution is 5.95. The van der Waals surface area contributed by atoms with Crippen LogP contribution < -0.4 is 0 Å². The Morgan fingerprint density at radius 1 is 0.900 bits per heavy atom. The summed E-state index contributed by atoms with van der Waals surface area (Å²) in [5.74, 6) is 0.140. The third kappa shape index (κ3) is 4.30. The predicted octanol–water partition coefficient (Wildman–Crippen LogP) is 5.14. The van der Waals surface area contributed by atoms with Crippen LogP contribution in [0.5, 0.6) is 0 Å². The van der Waals surface area contributed by atoms with Crippen LogP contribution >= 0.6 is 0 Å². The second-order valence-corrected chi connectivity index (χ2v) is 4.91. The molecule has 0 aliphatic heterocycles. The molecule has 0 N–H and O–H groups in total. The minimum Gasteiger partial charge on any atom is -0.294 e. The summed E-state index contributed by atoms with van der Waals surface area (Å²) in [6.07, 6.45) is 1.51. The lowest BCUT2D eigenvalue weighted by atomic mass is 10.0. The average Bonchev–Trinajstić information content (AvgIpc) is 2.53. The first kappa shape index (κ1) is 14.4. The maximum atomic E-state index is 13.9. The first-order chi connectivity index (χ1) is 9.77. The number of unbranched alkanes of at least 4 members (excludes halogenated alkanes) is 1. The summed E-state index contributed by atoms with van der Waals surface area (Å²) >= 11 is 0. The van der Waals surface area contributed by atoms with Gasteiger partial charge in [0.2, 0.25) is 0 Å². The first-order valence-corrected chi connectivity index (χ1v) is 7.04. The Morgan fingerprint density at radius 2 is 1.50 bits per heavy atom. The number of halogens is 1. The molecule has 2 rings (SSSR count). The van der Waals surface area contributed by atoms with Crippen LogP contribution in [0.2, 0.25) is 0 Å². The van der Waals surface area contributed by atoms with Gasteiger partial charge >= 0.3 is 0 Å². The van der Waals surface area contributed by atoms with E-state index in [1.54, 1.807) is 12.1 Å². The molecule has 1 nitrogen and oxygen atoms in total. The molecule has 1 atom stereocenters. The fourth-order valence-corrected chi connectivity index (χ4v) is 2.21. The Morgan fingerprint density at radius 3 is 2.15 bits per heavy atom. The number of Topliss-reactive ketones (excluding diaryl/α,β-unsaturated/α-hetero) is 1. The van der Waals surface area contributed by atoms with Gasteiger partial charge in [-0.05, 0) is 24.8 Å². The molecule has 0 spiro atoms. The van der Waals surface area contributed by atoms with Crippen LogP contribution in [0, 0.1) is 0 Å². The molecule has 0 radical (unpaired) electrons. The van der Waals surface area contributed by atoms with Gasteiger partial charge in [-0.3, -0.25) is 4.79 Å². The molecule has 2 heteroatoms. The number of hydrogen-bond acceptors (Lipinski definition) is 1. The highest BCUT2D eigenvalue weighted by Crippen LogP contribution is 2.23. The summed E-state index contributed by atoms with van der Waals surface area (Å²) in [5.41, 5.74) is 1.47. The second kappa shape index (κ2) is 7.59. The topological polar surface area (TPSA) is 17.1 Å². The van der Waals surface area contributed by atoms with E-state index in [0.717, 1.165) is 24.0 Å². The number of benzene rings is 2. The van der Waals surface area contributed by atoms with Crippen LogP contribution in [-0.4, -0.2) is 5.78 Å². The van der Waals surface area contributed by atoms with Gasteiger partial charge in [0, 0.05) is 12.0 Å². The molecular formula is C18H19FO. The number of ketones is 1. The normalized spacial score (nSPS) is 12.1. The van der Waals surface area contributed by atoms with Gasteiger partial charge < -0.3 is 0 Å². The highest BCUT2D eigenvalue weighted by Gasteiger charge is 2.10. The smallest absolute Gasteiger partial charge is 0.162 e. The molecule has 0 saturated heterocycles. The molecule has 2 aromatic carbocycles. The van der Waals surface area contributed by atoms with Gasteiger partial charge in [-0.2, -0.15) is 0 Å². The summed E-state index contributed by atoms with van der Waals surface area (Å²) in [7, 11) is 0. The number of alkyl halides is 1. The Balaban J connectivity index is 1.71. The molecule has 20 heavy (non-hydrogen) atoms. The van der Waals surface area contributed by atoms with E-state index >= 15 is 0 Å². The van der Waals surface area contributed by atoms with Crippen LogP contribution in [0.1, 0.15) is 47.8 Å². The second-order valence-electron chi connectivity index (χ2n) is 4.91. The monoisotopic (exact) mass is 270 g/mol. The molecular weight excluding hydrogens is 251 g/mol. The molecule has 0 saturated carbocycles. The number of carbonyl (C=O) groups excluding carboxylic acids is 1. The van der Waals surface area contributed by atoms with Gasteiger partial charge in [0.1, 0.15) is 6.17 Å². The van der Waals surface area contributed by atoms with E-state index in [-0.39, 0.29) is 5.78 Å². The number of rotatable bonds is 7. The third-order valence-electron chi connectivity index (χ3n) is 3.37. The Hall–Kier alpha value is -1.96. The van der Waals surface area contributed by atoms with Crippen LogP contribution in [0.4, 0.5) is 4.39 Å². The Labute approximate surface area is 119 Å². The van der Waals surface area contributed by atoms with Crippen molar-refractivity contribution in [2.24, 2.45) is 0 Å². The van der Waals surface area contributed by atoms with Crippen molar-refractivity contribution in [2.75, 3.05) is 0 Å². The van der Waals surface area contributed by atoms with E-state index in [2.05, 4.69) is 0 Å². The zero-order valence-electron chi connectivity index (χ0n) is 11.5. The molecule has 0 amide bonds. The number of hydrogen-bond donors (Lipinski definition) is 0. The first-order valence-electron chi connectivity index (χ1n) is 7.04. The summed E-state index contributed by atoms with van der Waals surface area (Å²) in [4.78, 5) is 11.9. The van der Waals surface area contributed by atoms with Crippen molar-refractivity contribution in [2.45, 2.75) is 31.9 Å². The molecule has 104 valence electrons. The predicted molar refractivity (Wildman–Crippen MR) is 79.5 cm³/mol. The molecule has 2 aromatic rings. The van der Waals surface area contributed by atoms with Crippen LogP contribution in [-0.2, 0) is 0 Å². The maximum absolute atomic E-state index is 13.9. The fraction of sp³-hybridized carbons (Fsp3) is 0.278. The highest BCUT2D eigenvalue weighted by atomic mass is 19.1. The van der Waals surface area contributed by atoms with E-state index in [4.69, 9.17) is 0 Å². The lowest BCUT2D eigenvalue weighted by Gasteiger charge is -2.08. The van der Waals surface area contributed by atoms with Gasteiger partial charge in [0.15, 0.2) is 5.78 Å². The van der Waals surface area contributed by atoms with Crippen molar-refractivity contribution >= 4 is 5.78 Å². The average molecular weight is 270 g/mol. The zero-order valence-corrected chi connectivity index (χ0v) is 11.5. The van der Waals surface area contributed by atoms with Crippen molar-refractivity contribution in [1.29, 1.82) is 0 Å². The van der Waals surface area contributed by atoms with E-state index < -0.39 is 6.17 Å². The fourth-order valence-electron chi connectivity index (χ4n) is 2.21. The maximum Gasteiger partial charge on any atom is 0.162 e. The molecule has 0 aromatic heterocycles. The lowest BCUT2D eigenvalue weighted by Crippen LogP contribution is -1.99. The van der Waals surface area contributed by atoms with Crippen molar-refractivity contribution in [1.82, 2.24) is 0 Å². The van der Waals surface area contributed by atoms with Crippen molar-refractivity contribution in [3.05, 3.63) is 71.8 Å².